The average molecular weight is 361 g/mol. The van der Waals surface area contributed by atoms with Crippen LogP contribution in [-0.2, 0) is 11.2 Å². The van der Waals surface area contributed by atoms with Gasteiger partial charge in [0.1, 0.15) is 22.7 Å². The van der Waals surface area contributed by atoms with Gasteiger partial charge in [-0.25, -0.2) is 4.39 Å². The first-order valence-corrected chi connectivity index (χ1v) is 9.05. The summed E-state index contributed by atoms with van der Waals surface area (Å²) in [4.78, 5) is 14.6. The van der Waals surface area contributed by atoms with Crippen LogP contribution in [0.25, 0.3) is 0 Å². The third-order valence-corrected chi connectivity index (χ3v) is 5.46. The summed E-state index contributed by atoms with van der Waals surface area (Å²) in [7, 11) is 3.21. The Morgan fingerprint density at radius 3 is 2.76 bits per heavy atom. The Balaban J connectivity index is 1.85. The molecule has 0 aromatic heterocycles. The lowest BCUT2D eigenvalue weighted by atomic mass is 10.1. The Labute approximate surface area is 150 Å². The van der Waals surface area contributed by atoms with Gasteiger partial charge < -0.3 is 14.4 Å². The molecule has 1 aliphatic rings. The second kappa shape index (κ2) is 7.78. The van der Waals surface area contributed by atoms with Crippen LogP contribution in [0.3, 0.4) is 0 Å². The van der Waals surface area contributed by atoms with Crippen molar-refractivity contribution < 1.29 is 18.7 Å². The number of carbonyl (C=O) groups is 1. The van der Waals surface area contributed by atoms with Crippen LogP contribution in [0.5, 0.6) is 11.5 Å². The van der Waals surface area contributed by atoms with Crippen molar-refractivity contribution in [2.75, 3.05) is 26.5 Å². The van der Waals surface area contributed by atoms with Gasteiger partial charge in [0, 0.05) is 17.9 Å². The molecule has 0 N–H and O–H groups in total. The summed E-state index contributed by atoms with van der Waals surface area (Å²) in [5.41, 5.74) is 1.31. The van der Waals surface area contributed by atoms with Crippen LogP contribution in [-0.4, -0.2) is 37.3 Å². The number of benzene rings is 2. The summed E-state index contributed by atoms with van der Waals surface area (Å²) in [6.07, 6.45) is 0.0516. The molecule has 25 heavy (non-hydrogen) atoms. The largest absolute Gasteiger partial charge is 0.497 e. The molecule has 6 heteroatoms. The van der Waals surface area contributed by atoms with Crippen LogP contribution in [0.2, 0.25) is 0 Å². The van der Waals surface area contributed by atoms with Gasteiger partial charge in [-0.2, -0.15) is 0 Å². The molecule has 1 saturated heterocycles. The molecule has 1 atom stereocenters. The SMILES string of the molecule is COc1ccc(OC)c(C2SCCN2C(=O)Cc2ccccc2F)c1. The maximum atomic E-state index is 13.9. The van der Waals surface area contributed by atoms with Gasteiger partial charge in [0.2, 0.25) is 5.91 Å². The van der Waals surface area contributed by atoms with Crippen LogP contribution in [0, 0.1) is 5.82 Å². The Kier molecular flexibility index (Phi) is 5.48. The molecule has 3 rings (SSSR count). The van der Waals surface area contributed by atoms with E-state index in [9.17, 15) is 9.18 Å². The van der Waals surface area contributed by atoms with Crippen molar-refractivity contribution in [3.63, 3.8) is 0 Å². The number of methoxy groups -OCH3 is 2. The van der Waals surface area contributed by atoms with E-state index in [2.05, 4.69) is 0 Å². The molecule has 0 saturated carbocycles. The summed E-state index contributed by atoms with van der Waals surface area (Å²) >= 11 is 1.67. The molecule has 2 aromatic rings. The highest BCUT2D eigenvalue weighted by Crippen LogP contribution is 2.43. The minimum absolute atomic E-state index is 0.0516. The highest BCUT2D eigenvalue weighted by molar-refractivity contribution is 7.99. The van der Waals surface area contributed by atoms with E-state index < -0.39 is 0 Å². The zero-order chi connectivity index (χ0) is 17.8. The first kappa shape index (κ1) is 17.6. The fourth-order valence-electron chi connectivity index (χ4n) is 2.92. The lowest BCUT2D eigenvalue weighted by Crippen LogP contribution is -2.32. The van der Waals surface area contributed by atoms with Crippen molar-refractivity contribution in [1.82, 2.24) is 4.90 Å². The fraction of sp³-hybridized carbons (Fsp3) is 0.316. The van der Waals surface area contributed by atoms with E-state index in [1.807, 2.05) is 18.2 Å². The van der Waals surface area contributed by atoms with E-state index in [0.717, 1.165) is 11.3 Å². The van der Waals surface area contributed by atoms with Crippen LogP contribution in [0.1, 0.15) is 16.5 Å². The molecule has 0 aliphatic carbocycles. The van der Waals surface area contributed by atoms with Crippen molar-refractivity contribution in [2.45, 2.75) is 11.8 Å². The second-order valence-electron chi connectivity index (χ2n) is 5.69. The summed E-state index contributed by atoms with van der Waals surface area (Å²) in [5.74, 6) is 1.81. The maximum Gasteiger partial charge on any atom is 0.228 e. The van der Waals surface area contributed by atoms with Gasteiger partial charge in [-0.1, -0.05) is 18.2 Å². The number of amides is 1. The quantitative estimate of drug-likeness (QED) is 0.815. The number of carbonyl (C=O) groups excluding carboxylic acids is 1. The molecule has 0 spiro atoms. The third-order valence-electron chi connectivity index (χ3n) is 4.21. The van der Waals surface area contributed by atoms with Gasteiger partial charge in [-0.3, -0.25) is 4.79 Å². The molecule has 0 bridgehead atoms. The standard InChI is InChI=1S/C19H20FNO3S/c1-23-14-7-8-17(24-2)15(12-14)19-21(9-10-25-19)18(22)11-13-5-3-4-6-16(13)20/h3-8,12,19H,9-11H2,1-2H3. The van der Waals surface area contributed by atoms with Gasteiger partial charge >= 0.3 is 0 Å². The van der Waals surface area contributed by atoms with Crippen molar-refractivity contribution >= 4 is 17.7 Å². The molecule has 1 heterocycles. The zero-order valence-corrected chi connectivity index (χ0v) is 15.0. The lowest BCUT2D eigenvalue weighted by molar-refractivity contribution is -0.130. The van der Waals surface area contributed by atoms with E-state index in [0.29, 0.717) is 23.6 Å². The number of hydrogen-bond donors (Lipinski definition) is 0. The zero-order valence-electron chi connectivity index (χ0n) is 14.2. The van der Waals surface area contributed by atoms with Crippen molar-refractivity contribution in [3.05, 3.63) is 59.4 Å². The minimum atomic E-state index is -0.349. The van der Waals surface area contributed by atoms with Crippen LogP contribution in [0.4, 0.5) is 4.39 Å². The molecule has 1 unspecified atom stereocenters. The average Bonchev–Trinajstić information content (AvgIpc) is 3.12. The monoisotopic (exact) mass is 361 g/mol. The topological polar surface area (TPSA) is 38.8 Å². The molecule has 1 amide bonds. The molecule has 1 fully saturated rings. The number of rotatable bonds is 5. The number of halogens is 1. The first-order chi connectivity index (χ1) is 12.1. The lowest BCUT2D eigenvalue weighted by Gasteiger charge is -2.26. The van der Waals surface area contributed by atoms with E-state index in [4.69, 9.17) is 9.47 Å². The number of nitrogens with zero attached hydrogens (tertiary/aromatic N) is 1. The van der Waals surface area contributed by atoms with Gasteiger partial charge in [0.05, 0.1) is 20.6 Å². The Morgan fingerprint density at radius 1 is 1.24 bits per heavy atom. The first-order valence-electron chi connectivity index (χ1n) is 8.00. The van der Waals surface area contributed by atoms with E-state index in [1.54, 1.807) is 49.1 Å². The fourth-order valence-corrected chi connectivity index (χ4v) is 4.21. The molecular formula is C19H20FNO3S. The van der Waals surface area contributed by atoms with Crippen LogP contribution >= 0.6 is 11.8 Å². The van der Waals surface area contributed by atoms with E-state index in [1.165, 1.54) is 6.07 Å². The highest BCUT2D eigenvalue weighted by atomic mass is 32.2. The summed E-state index contributed by atoms with van der Waals surface area (Å²) in [5, 5.41) is -0.163. The number of thioether (sulfide) groups is 1. The summed E-state index contributed by atoms with van der Waals surface area (Å²) in [6.45, 7) is 0.628. The molecule has 132 valence electrons. The van der Waals surface area contributed by atoms with Crippen molar-refractivity contribution in [1.29, 1.82) is 0 Å². The van der Waals surface area contributed by atoms with Gasteiger partial charge in [-0.05, 0) is 29.8 Å². The van der Waals surface area contributed by atoms with Crippen molar-refractivity contribution in [2.24, 2.45) is 0 Å². The molecule has 1 aliphatic heterocycles. The highest BCUT2D eigenvalue weighted by Gasteiger charge is 2.33. The molecule has 2 aromatic carbocycles. The van der Waals surface area contributed by atoms with Crippen molar-refractivity contribution in [3.8, 4) is 11.5 Å². The predicted octanol–water partition coefficient (Wildman–Crippen LogP) is 3.66. The van der Waals surface area contributed by atoms with E-state index >= 15 is 0 Å². The van der Waals surface area contributed by atoms with Crippen LogP contribution < -0.4 is 9.47 Å². The normalized spacial score (nSPS) is 16.8. The Morgan fingerprint density at radius 2 is 2.04 bits per heavy atom. The number of ether oxygens (including phenoxy) is 2. The van der Waals surface area contributed by atoms with E-state index in [-0.39, 0.29) is 23.5 Å². The van der Waals surface area contributed by atoms with Gasteiger partial charge in [0.15, 0.2) is 0 Å². The summed E-state index contributed by atoms with van der Waals surface area (Å²) in [6, 6.07) is 12.0. The van der Waals surface area contributed by atoms with Crippen LogP contribution in [0.15, 0.2) is 42.5 Å². The van der Waals surface area contributed by atoms with Gasteiger partial charge in [0.25, 0.3) is 0 Å². The third kappa shape index (κ3) is 3.74. The number of hydrogen-bond acceptors (Lipinski definition) is 4. The predicted molar refractivity (Wildman–Crippen MR) is 96.6 cm³/mol. The second-order valence-corrected chi connectivity index (χ2v) is 6.87. The molecule has 0 radical (unpaired) electrons. The summed E-state index contributed by atoms with van der Waals surface area (Å²) < 4.78 is 24.6. The minimum Gasteiger partial charge on any atom is -0.497 e. The Hall–Kier alpha value is -2.21. The maximum absolute atomic E-state index is 13.9. The molecular weight excluding hydrogens is 341 g/mol. The Bertz CT molecular complexity index is 768. The smallest absolute Gasteiger partial charge is 0.228 e. The molecule has 4 nitrogen and oxygen atoms in total. The van der Waals surface area contributed by atoms with Gasteiger partial charge in [-0.15, -0.1) is 11.8 Å².